The third-order valence-corrected chi connectivity index (χ3v) is 7.45. The number of aliphatic hydroxyl groups is 1. The zero-order chi connectivity index (χ0) is 28.6. The minimum atomic E-state index is -1.01. The molecule has 0 aromatic heterocycles. The Hall–Kier alpha value is -2.72. The van der Waals surface area contributed by atoms with E-state index in [-0.39, 0.29) is 35.0 Å². The number of amides is 2. The molecule has 2 aromatic carbocycles. The predicted octanol–water partition coefficient (Wildman–Crippen LogP) is 3.89. The molecule has 1 aliphatic heterocycles. The van der Waals surface area contributed by atoms with Crippen LogP contribution >= 0.6 is 0 Å². The molecule has 1 saturated heterocycles. The van der Waals surface area contributed by atoms with E-state index in [0.29, 0.717) is 55.8 Å². The molecule has 1 heterocycles. The number of primary amides is 1. The van der Waals surface area contributed by atoms with E-state index in [1.54, 1.807) is 19.1 Å². The lowest BCUT2D eigenvalue weighted by atomic mass is 9.93. The van der Waals surface area contributed by atoms with Gasteiger partial charge in [0.25, 0.3) is 0 Å². The van der Waals surface area contributed by atoms with Gasteiger partial charge in [-0.15, -0.1) is 0 Å². The van der Waals surface area contributed by atoms with Crippen LogP contribution in [0.2, 0.25) is 0 Å². The number of hydrogen-bond donors (Lipinski definition) is 3. The first kappa shape index (κ1) is 30.8. The Morgan fingerprint density at radius 2 is 1.72 bits per heavy atom. The third kappa shape index (κ3) is 7.91. The maximum atomic E-state index is 14.4. The summed E-state index contributed by atoms with van der Waals surface area (Å²) in [6, 6.07) is 7.43. The molecule has 0 bridgehead atoms. The molecule has 3 atom stereocenters. The predicted molar refractivity (Wildman–Crippen MR) is 146 cm³/mol. The largest absolute Gasteiger partial charge is 0.386 e. The topological polar surface area (TPSA) is 102 Å². The number of carbonyl (C=O) groups excluding carboxylic acids is 2. The summed E-state index contributed by atoms with van der Waals surface area (Å²) in [4.78, 5) is 26.4. The van der Waals surface area contributed by atoms with Gasteiger partial charge in [0.2, 0.25) is 5.91 Å². The highest BCUT2D eigenvalue weighted by Gasteiger charge is 2.47. The van der Waals surface area contributed by atoms with Crippen LogP contribution in [-0.2, 0) is 11.2 Å². The SMILES string of the molecule is CCC[N+](CCC)(C(=O)c1cc(C)cc(C(N)=O)c1)[C@@H](Cc1cc(F)cc(F)c1)[C@H](O)CNCC1CCCO1. The number of nitrogens with zero attached hydrogens (tertiary/aromatic N) is 1. The summed E-state index contributed by atoms with van der Waals surface area (Å²) in [5.74, 6) is -2.32. The summed E-state index contributed by atoms with van der Waals surface area (Å²) in [6.45, 7) is 7.97. The molecule has 0 radical (unpaired) electrons. The lowest BCUT2D eigenvalue weighted by Gasteiger charge is -2.44. The van der Waals surface area contributed by atoms with E-state index < -0.39 is 29.7 Å². The van der Waals surface area contributed by atoms with Crippen LogP contribution in [0.5, 0.6) is 0 Å². The number of benzene rings is 2. The standard InChI is InChI=1S/C30H41F2N3O4/c1-4-8-35(9-5-2,30(38)23-12-20(3)11-22(16-23)29(33)37)27(15-21-13-24(31)17-25(32)14-21)28(36)19-34-18-26-7-6-10-39-26/h11-14,16-17,26-28,34,36H,4-10,15,18-19H2,1-3H3,(H-,33,37)/p+1/t26?,27-,28+/m0/s1. The van der Waals surface area contributed by atoms with Crippen LogP contribution in [-0.4, -0.2) is 72.4 Å². The maximum absolute atomic E-state index is 14.4. The number of hydrogen-bond acceptors (Lipinski definition) is 5. The number of nitrogens with one attached hydrogen (secondary N) is 1. The second-order valence-corrected chi connectivity index (χ2v) is 10.6. The Morgan fingerprint density at radius 3 is 2.28 bits per heavy atom. The van der Waals surface area contributed by atoms with Gasteiger partial charge < -0.3 is 20.9 Å². The fourth-order valence-electron chi connectivity index (χ4n) is 5.85. The Labute approximate surface area is 229 Å². The average molecular weight is 547 g/mol. The highest BCUT2D eigenvalue weighted by Crippen LogP contribution is 2.28. The van der Waals surface area contributed by atoms with E-state index in [2.05, 4.69) is 5.32 Å². The van der Waals surface area contributed by atoms with Crippen molar-refractivity contribution in [3.05, 3.63) is 70.3 Å². The molecule has 7 nitrogen and oxygen atoms in total. The zero-order valence-electron chi connectivity index (χ0n) is 23.2. The van der Waals surface area contributed by atoms with Gasteiger partial charge in [0.15, 0.2) is 0 Å². The lowest BCUT2D eigenvalue weighted by Crippen LogP contribution is -2.66. The van der Waals surface area contributed by atoms with Crippen molar-refractivity contribution in [1.82, 2.24) is 5.32 Å². The Morgan fingerprint density at radius 1 is 1.08 bits per heavy atom. The smallest absolute Gasteiger partial charge is 0.346 e. The molecule has 2 aromatic rings. The minimum Gasteiger partial charge on any atom is -0.386 e. The van der Waals surface area contributed by atoms with Crippen molar-refractivity contribution in [1.29, 1.82) is 0 Å². The summed E-state index contributed by atoms with van der Waals surface area (Å²) in [5, 5.41) is 14.9. The second kappa shape index (κ2) is 14.1. The highest BCUT2D eigenvalue weighted by molar-refractivity contribution is 5.97. The number of carbonyl (C=O) groups is 2. The molecule has 1 aliphatic rings. The molecule has 2 amide bonds. The van der Waals surface area contributed by atoms with Crippen LogP contribution in [0.15, 0.2) is 36.4 Å². The fourth-order valence-corrected chi connectivity index (χ4v) is 5.85. The number of rotatable bonds is 14. The van der Waals surface area contributed by atoms with Crippen molar-refractivity contribution in [3.8, 4) is 0 Å². The van der Waals surface area contributed by atoms with Gasteiger partial charge in [0, 0.05) is 37.7 Å². The van der Waals surface area contributed by atoms with Crippen LogP contribution in [0.3, 0.4) is 0 Å². The first-order chi connectivity index (χ1) is 18.6. The number of nitrogens with two attached hydrogens (primary N) is 1. The van der Waals surface area contributed by atoms with Crippen molar-refractivity contribution in [2.45, 2.75) is 71.1 Å². The van der Waals surface area contributed by atoms with Gasteiger partial charge in [-0.05, 0) is 74.1 Å². The summed E-state index contributed by atoms with van der Waals surface area (Å²) in [5.41, 5.74) is 7.16. The molecule has 1 unspecified atom stereocenters. The van der Waals surface area contributed by atoms with Crippen LogP contribution in [0.25, 0.3) is 0 Å². The second-order valence-electron chi connectivity index (χ2n) is 10.6. The van der Waals surface area contributed by atoms with Gasteiger partial charge in [-0.25, -0.2) is 13.6 Å². The molecule has 0 saturated carbocycles. The van der Waals surface area contributed by atoms with Crippen molar-refractivity contribution < 1.29 is 32.7 Å². The first-order valence-corrected chi connectivity index (χ1v) is 13.9. The molecular formula is C30H42F2N3O4+. The molecule has 1 fully saturated rings. The van der Waals surface area contributed by atoms with Gasteiger partial charge in [-0.2, -0.15) is 0 Å². The van der Waals surface area contributed by atoms with Gasteiger partial charge in [-0.3, -0.25) is 9.28 Å². The maximum Gasteiger partial charge on any atom is 0.346 e. The molecule has 0 spiro atoms. The summed E-state index contributed by atoms with van der Waals surface area (Å²) in [7, 11) is 0. The van der Waals surface area contributed by atoms with E-state index >= 15 is 0 Å². The van der Waals surface area contributed by atoms with Crippen LogP contribution in [0.4, 0.5) is 8.78 Å². The Bertz CT molecular complexity index is 1110. The quantitative estimate of drug-likeness (QED) is 0.312. The van der Waals surface area contributed by atoms with Gasteiger partial charge in [0.1, 0.15) is 23.8 Å². The monoisotopic (exact) mass is 546 g/mol. The molecule has 3 rings (SSSR count). The van der Waals surface area contributed by atoms with E-state index in [1.165, 1.54) is 18.2 Å². The molecule has 0 aliphatic carbocycles. The number of halogens is 2. The third-order valence-electron chi connectivity index (χ3n) is 7.45. The summed E-state index contributed by atoms with van der Waals surface area (Å²) in [6.07, 6.45) is 2.33. The van der Waals surface area contributed by atoms with Crippen molar-refractivity contribution in [2.75, 3.05) is 32.8 Å². The molecular weight excluding hydrogens is 504 g/mol. The highest BCUT2D eigenvalue weighted by atomic mass is 19.1. The number of ether oxygens (including phenoxy) is 1. The normalized spacial score (nSPS) is 17.2. The lowest BCUT2D eigenvalue weighted by molar-refractivity contribution is -0.878. The summed E-state index contributed by atoms with van der Waals surface area (Å²) >= 11 is 0. The van der Waals surface area contributed by atoms with Gasteiger partial charge in [0.05, 0.1) is 24.8 Å². The average Bonchev–Trinajstić information content (AvgIpc) is 3.39. The van der Waals surface area contributed by atoms with Crippen molar-refractivity contribution in [3.63, 3.8) is 0 Å². The Kier molecular flexibility index (Phi) is 11.1. The minimum absolute atomic E-state index is 0.0691. The Balaban J connectivity index is 2.06. The van der Waals surface area contributed by atoms with E-state index in [4.69, 9.17) is 10.5 Å². The molecule has 214 valence electrons. The number of aliphatic hydroxyl groups excluding tert-OH is 1. The first-order valence-electron chi connectivity index (χ1n) is 13.9. The van der Waals surface area contributed by atoms with E-state index in [9.17, 15) is 23.5 Å². The van der Waals surface area contributed by atoms with Crippen LogP contribution < -0.4 is 11.1 Å². The summed E-state index contributed by atoms with van der Waals surface area (Å²) < 4.78 is 33.9. The van der Waals surface area contributed by atoms with Crippen LogP contribution in [0.1, 0.15) is 71.4 Å². The molecule has 9 heteroatoms. The van der Waals surface area contributed by atoms with Gasteiger partial charge in [-0.1, -0.05) is 13.8 Å². The van der Waals surface area contributed by atoms with Crippen LogP contribution in [0, 0.1) is 18.6 Å². The van der Waals surface area contributed by atoms with E-state index in [1.807, 2.05) is 13.8 Å². The fraction of sp³-hybridized carbons (Fsp3) is 0.533. The van der Waals surface area contributed by atoms with Crippen molar-refractivity contribution >= 4 is 11.8 Å². The number of aryl methyl sites for hydroxylation is 1. The molecule has 4 N–H and O–H groups in total. The van der Waals surface area contributed by atoms with Gasteiger partial charge >= 0.3 is 5.91 Å². The molecule has 39 heavy (non-hydrogen) atoms. The number of quaternary nitrogens is 1. The zero-order valence-corrected chi connectivity index (χ0v) is 23.2. The van der Waals surface area contributed by atoms with E-state index in [0.717, 1.165) is 18.9 Å². The van der Waals surface area contributed by atoms with Crippen molar-refractivity contribution in [2.24, 2.45) is 5.73 Å².